The minimum atomic E-state index is -0.815. The van der Waals surface area contributed by atoms with Crippen molar-refractivity contribution in [3.8, 4) is 5.75 Å². The van der Waals surface area contributed by atoms with E-state index in [2.05, 4.69) is 19.2 Å². The number of ether oxygens (including phenoxy) is 2. The third kappa shape index (κ3) is 6.47. The quantitative estimate of drug-likeness (QED) is 0.770. The molecule has 0 saturated heterocycles. The molecule has 1 amide bonds. The zero-order valence-electron chi connectivity index (χ0n) is 14.6. The fourth-order valence-electron chi connectivity index (χ4n) is 2.31. The second-order valence-corrected chi connectivity index (χ2v) is 6.10. The van der Waals surface area contributed by atoms with Crippen LogP contribution in [0.4, 0.5) is 4.79 Å². The van der Waals surface area contributed by atoms with Crippen LogP contribution in [0.3, 0.4) is 0 Å². The van der Waals surface area contributed by atoms with Gasteiger partial charge in [0.25, 0.3) is 0 Å². The van der Waals surface area contributed by atoms with E-state index in [0.717, 1.165) is 16.9 Å². The number of rotatable bonds is 8. The second-order valence-electron chi connectivity index (χ2n) is 6.10. The standard InChI is InChI=1S/C20H25NO4/c1-15(2)18-10-6-7-11-19(18)24-14-17(22)12-21-20(23)25-13-16-8-4-3-5-9-16/h3-11,15,17,22H,12-14H2,1-2H3,(H,21,23). The van der Waals surface area contributed by atoms with Gasteiger partial charge in [-0.1, -0.05) is 62.4 Å². The highest BCUT2D eigenvalue weighted by Crippen LogP contribution is 2.25. The van der Waals surface area contributed by atoms with Gasteiger partial charge in [0.05, 0.1) is 6.54 Å². The van der Waals surface area contributed by atoms with Gasteiger partial charge in [0.2, 0.25) is 0 Å². The Labute approximate surface area is 148 Å². The third-order valence-corrected chi connectivity index (χ3v) is 3.67. The van der Waals surface area contributed by atoms with E-state index in [-0.39, 0.29) is 19.8 Å². The Kier molecular flexibility index (Phi) is 7.29. The molecular formula is C20H25NO4. The van der Waals surface area contributed by atoms with Crippen LogP contribution in [-0.4, -0.2) is 30.5 Å². The summed E-state index contributed by atoms with van der Waals surface area (Å²) in [7, 11) is 0. The summed E-state index contributed by atoms with van der Waals surface area (Å²) in [6.45, 7) is 4.53. The summed E-state index contributed by atoms with van der Waals surface area (Å²) in [4.78, 5) is 11.7. The summed E-state index contributed by atoms with van der Waals surface area (Å²) in [6, 6.07) is 17.2. The molecule has 0 heterocycles. The minimum Gasteiger partial charge on any atom is -0.491 e. The van der Waals surface area contributed by atoms with Gasteiger partial charge >= 0.3 is 6.09 Å². The molecule has 1 unspecified atom stereocenters. The smallest absolute Gasteiger partial charge is 0.407 e. The first kappa shape index (κ1) is 18.8. The van der Waals surface area contributed by atoms with Crippen molar-refractivity contribution in [3.05, 3.63) is 65.7 Å². The predicted octanol–water partition coefficient (Wildman–Crippen LogP) is 3.48. The number of hydrogen-bond donors (Lipinski definition) is 2. The van der Waals surface area contributed by atoms with Gasteiger partial charge in [-0.15, -0.1) is 0 Å². The van der Waals surface area contributed by atoms with Crippen LogP contribution in [0.1, 0.15) is 30.9 Å². The Balaban J connectivity index is 1.70. The number of hydrogen-bond acceptors (Lipinski definition) is 4. The summed E-state index contributed by atoms with van der Waals surface area (Å²) in [5, 5.41) is 12.5. The zero-order valence-corrected chi connectivity index (χ0v) is 14.6. The maximum atomic E-state index is 11.7. The van der Waals surface area contributed by atoms with Crippen LogP contribution in [0.15, 0.2) is 54.6 Å². The second kappa shape index (κ2) is 9.69. The zero-order chi connectivity index (χ0) is 18.1. The Bertz CT molecular complexity index is 658. The summed E-state index contributed by atoms with van der Waals surface area (Å²) in [5.74, 6) is 1.09. The molecule has 0 bridgehead atoms. The van der Waals surface area contributed by atoms with Crippen LogP contribution in [0.5, 0.6) is 5.75 Å². The predicted molar refractivity (Wildman–Crippen MR) is 96.7 cm³/mol. The first-order chi connectivity index (χ1) is 12.1. The molecule has 134 valence electrons. The molecule has 0 radical (unpaired) electrons. The van der Waals surface area contributed by atoms with Gasteiger partial charge in [-0.3, -0.25) is 0 Å². The number of alkyl carbamates (subject to hydrolysis) is 1. The number of aliphatic hydroxyl groups is 1. The van der Waals surface area contributed by atoms with E-state index in [0.29, 0.717) is 5.92 Å². The highest BCUT2D eigenvalue weighted by Gasteiger charge is 2.11. The monoisotopic (exact) mass is 343 g/mol. The largest absolute Gasteiger partial charge is 0.491 e. The lowest BCUT2D eigenvalue weighted by atomic mass is 10.0. The molecule has 0 fully saturated rings. The van der Waals surface area contributed by atoms with Gasteiger partial charge in [-0.25, -0.2) is 4.79 Å². The van der Waals surface area contributed by atoms with Crippen molar-refractivity contribution in [1.29, 1.82) is 0 Å². The van der Waals surface area contributed by atoms with Gasteiger partial charge in [-0.05, 0) is 23.1 Å². The molecule has 0 aliphatic carbocycles. The van der Waals surface area contributed by atoms with E-state index in [1.807, 2.05) is 54.6 Å². The van der Waals surface area contributed by atoms with Crippen LogP contribution in [0, 0.1) is 0 Å². The van der Waals surface area contributed by atoms with E-state index >= 15 is 0 Å². The summed E-state index contributed by atoms with van der Waals surface area (Å²) in [5.41, 5.74) is 2.00. The van der Waals surface area contributed by atoms with Crippen LogP contribution < -0.4 is 10.1 Å². The normalized spacial score (nSPS) is 11.8. The Hall–Kier alpha value is -2.53. The van der Waals surface area contributed by atoms with E-state index in [9.17, 15) is 9.90 Å². The number of amides is 1. The highest BCUT2D eigenvalue weighted by atomic mass is 16.5. The number of carbonyl (C=O) groups excluding carboxylic acids is 1. The molecule has 5 nitrogen and oxygen atoms in total. The fraction of sp³-hybridized carbons (Fsp3) is 0.350. The number of carbonyl (C=O) groups is 1. The van der Waals surface area contributed by atoms with Gasteiger partial charge in [0, 0.05) is 0 Å². The summed E-state index contributed by atoms with van der Waals surface area (Å²) < 4.78 is 10.8. The van der Waals surface area contributed by atoms with Gasteiger partial charge in [-0.2, -0.15) is 0 Å². The Morgan fingerprint density at radius 3 is 2.48 bits per heavy atom. The lowest BCUT2D eigenvalue weighted by molar-refractivity contribution is 0.0960. The van der Waals surface area contributed by atoms with E-state index in [1.165, 1.54) is 0 Å². The number of aliphatic hydroxyl groups excluding tert-OH is 1. The van der Waals surface area contributed by atoms with E-state index in [1.54, 1.807) is 0 Å². The molecule has 2 N–H and O–H groups in total. The van der Waals surface area contributed by atoms with Crippen molar-refractivity contribution in [3.63, 3.8) is 0 Å². The molecule has 0 saturated carbocycles. The molecular weight excluding hydrogens is 318 g/mol. The topological polar surface area (TPSA) is 67.8 Å². The number of nitrogens with one attached hydrogen (secondary N) is 1. The van der Waals surface area contributed by atoms with Gasteiger partial charge < -0.3 is 19.9 Å². The van der Waals surface area contributed by atoms with Crippen molar-refractivity contribution in [1.82, 2.24) is 5.32 Å². The highest BCUT2D eigenvalue weighted by molar-refractivity contribution is 5.67. The summed E-state index contributed by atoms with van der Waals surface area (Å²) in [6.07, 6.45) is -1.38. The van der Waals surface area contributed by atoms with Crippen LogP contribution in [-0.2, 0) is 11.3 Å². The van der Waals surface area contributed by atoms with Crippen LogP contribution in [0.2, 0.25) is 0 Å². The van der Waals surface area contributed by atoms with Crippen molar-refractivity contribution >= 4 is 6.09 Å². The van der Waals surface area contributed by atoms with E-state index < -0.39 is 12.2 Å². The number of benzene rings is 2. The lowest BCUT2D eigenvalue weighted by Crippen LogP contribution is -2.35. The average Bonchev–Trinajstić information content (AvgIpc) is 2.64. The molecule has 1 atom stereocenters. The minimum absolute atomic E-state index is 0.0669. The van der Waals surface area contributed by atoms with Crippen LogP contribution >= 0.6 is 0 Å². The molecule has 25 heavy (non-hydrogen) atoms. The molecule has 0 aliphatic rings. The maximum absolute atomic E-state index is 11.7. The molecule has 2 aromatic rings. The third-order valence-electron chi connectivity index (χ3n) is 3.67. The molecule has 0 aromatic heterocycles. The average molecular weight is 343 g/mol. The Morgan fingerprint density at radius 1 is 1.08 bits per heavy atom. The molecule has 0 aliphatic heterocycles. The number of para-hydroxylation sites is 1. The van der Waals surface area contributed by atoms with Crippen molar-refractivity contribution in [2.75, 3.05) is 13.2 Å². The SMILES string of the molecule is CC(C)c1ccccc1OCC(O)CNC(=O)OCc1ccccc1. The fourth-order valence-corrected chi connectivity index (χ4v) is 2.31. The summed E-state index contributed by atoms with van der Waals surface area (Å²) >= 11 is 0. The van der Waals surface area contributed by atoms with Crippen molar-refractivity contribution < 1.29 is 19.4 Å². The molecule has 0 spiro atoms. The van der Waals surface area contributed by atoms with Gasteiger partial charge in [0.15, 0.2) is 0 Å². The van der Waals surface area contributed by atoms with Crippen molar-refractivity contribution in [2.24, 2.45) is 0 Å². The van der Waals surface area contributed by atoms with Crippen molar-refractivity contribution in [2.45, 2.75) is 32.5 Å². The first-order valence-corrected chi connectivity index (χ1v) is 8.40. The lowest BCUT2D eigenvalue weighted by Gasteiger charge is -2.17. The van der Waals surface area contributed by atoms with Gasteiger partial charge in [0.1, 0.15) is 25.1 Å². The van der Waals surface area contributed by atoms with Crippen LogP contribution in [0.25, 0.3) is 0 Å². The molecule has 2 aromatic carbocycles. The first-order valence-electron chi connectivity index (χ1n) is 8.40. The van der Waals surface area contributed by atoms with E-state index in [4.69, 9.17) is 9.47 Å². The molecule has 2 rings (SSSR count). The maximum Gasteiger partial charge on any atom is 0.407 e. The Morgan fingerprint density at radius 2 is 1.76 bits per heavy atom. The molecule has 5 heteroatoms.